The maximum Gasteiger partial charge on any atom is 0.351 e. The molecular formula is C18H20N2O6. The molecular weight excluding hydrogens is 340 g/mol. The Morgan fingerprint density at radius 3 is 2.81 bits per heavy atom. The summed E-state index contributed by atoms with van der Waals surface area (Å²) in [5.74, 6) is -1.85. The second-order valence-electron chi connectivity index (χ2n) is 5.66. The van der Waals surface area contributed by atoms with Gasteiger partial charge in [0.15, 0.2) is 11.5 Å². The van der Waals surface area contributed by atoms with Gasteiger partial charge in [-0.25, -0.2) is 9.59 Å². The number of aromatic hydroxyl groups is 1. The smallest absolute Gasteiger partial charge is 0.351 e. The molecule has 0 amide bonds. The van der Waals surface area contributed by atoms with Crippen LogP contribution in [0.5, 0.6) is 11.5 Å². The molecule has 0 radical (unpaired) electrons. The molecule has 0 spiro atoms. The Balaban J connectivity index is 1.98. The molecule has 0 aliphatic carbocycles. The maximum absolute atomic E-state index is 11.1. The van der Waals surface area contributed by atoms with Crippen molar-refractivity contribution in [1.82, 2.24) is 5.32 Å². The van der Waals surface area contributed by atoms with Crippen LogP contribution in [0.1, 0.15) is 12.0 Å². The zero-order valence-corrected chi connectivity index (χ0v) is 14.2. The van der Waals surface area contributed by atoms with E-state index in [0.29, 0.717) is 24.3 Å². The molecule has 1 aromatic carbocycles. The first-order valence-corrected chi connectivity index (χ1v) is 7.90. The molecule has 8 nitrogen and oxygen atoms in total. The Morgan fingerprint density at radius 2 is 2.15 bits per heavy atom. The van der Waals surface area contributed by atoms with Gasteiger partial charge in [-0.05, 0) is 41.8 Å². The predicted octanol–water partition coefficient (Wildman–Crippen LogP) is 1.36. The zero-order valence-electron chi connectivity index (χ0n) is 14.2. The van der Waals surface area contributed by atoms with Gasteiger partial charge in [-0.15, -0.1) is 0 Å². The van der Waals surface area contributed by atoms with E-state index in [0.717, 1.165) is 5.56 Å². The molecule has 0 fully saturated rings. The molecule has 1 atom stereocenters. The molecule has 0 bridgehead atoms. The summed E-state index contributed by atoms with van der Waals surface area (Å²) in [6.45, 7) is 0.480. The number of aliphatic carboxylic acids is 2. The molecule has 1 heterocycles. The molecule has 26 heavy (non-hydrogen) atoms. The first-order chi connectivity index (χ1) is 12.4. The number of phenolic OH excluding ortho intramolecular Hbond substituents is 1. The van der Waals surface area contributed by atoms with Gasteiger partial charge >= 0.3 is 11.9 Å². The van der Waals surface area contributed by atoms with Crippen LogP contribution in [0.3, 0.4) is 0 Å². The number of nitrogens with one attached hydrogen (secondary N) is 1. The summed E-state index contributed by atoms with van der Waals surface area (Å²) in [7, 11) is 1.48. The first kappa shape index (κ1) is 19.0. The molecule has 1 aliphatic rings. The highest BCUT2D eigenvalue weighted by Crippen LogP contribution is 2.26. The number of hydrogen-bond donors (Lipinski definition) is 4. The number of hydrogen-bond acceptors (Lipinski definition) is 6. The summed E-state index contributed by atoms with van der Waals surface area (Å²) in [6.07, 6.45) is 5.35. The number of methoxy groups -OCH3 is 1. The molecule has 0 saturated heterocycles. The summed E-state index contributed by atoms with van der Waals surface area (Å²) in [5, 5.41) is 30.1. The number of carbonyl (C=O) groups is 2. The van der Waals surface area contributed by atoms with Gasteiger partial charge in [-0.3, -0.25) is 4.99 Å². The van der Waals surface area contributed by atoms with E-state index in [1.165, 1.54) is 19.4 Å². The number of nitrogens with zero attached hydrogens (tertiary/aromatic N) is 1. The van der Waals surface area contributed by atoms with Crippen molar-refractivity contribution in [2.24, 2.45) is 4.99 Å². The Bertz CT molecular complexity index is 782. The van der Waals surface area contributed by atoms with Gasteiger partial charge in [0.05, 0.1) is 7.11 Å². The van der Waals surface area contributed by atoms with Gasteiger partial charge in [-0.1, -0.05) is 6.07 Å². The van der Waals surface area contributed by atoms with Crippen molar-refractivity contribution in [2.45, 2.75) is 18.9 Å². The molecule has 4 N–H and O–H groups in total. The maximum atomic E-state index is 11.1. The first-order valence-electron chi connectivity index (χ1n) is 7.90. The van der Waals surface area contributed by atoms with Crippen molar-refractivity contribution in [3.63, 3.8) is 0 Å². The lowest BCUT2D eigenvalue weighted by Crippen LogP contribution is -2.41. The number of rotatable bonds is 7. The Kier molecular flexibility index (Phi) is 6.37. The standard InChI is InChI=1S/C18H20N2O6/c1-26-16-10-11(2-3-15(16)21)4-6-19-7-5-12-8-13(17(22)23)20-14(9-12)18(24)25/h2-3,5,7-8,10,14,20-21H,4,6,9H2,1H3,(H,22,23)(H,24,25)/b12-5-,19-7?. The van der Waals surface area contributed by atoms with Crippen LogP contribution >= 0.6 is 0 Å². The minimum Gasteiger partial charge on any atom is -0.504 e. The Labute approximate surface area is 150 Å². The Hall–Kier alpha value is -3.29. The van der Waals surface area contributed by atoms with Crippen molar-refractivity contribution in [2.75, 3.05) is 13.7 Å². The lowest BCUT2D eigenvalue weighted by atomic mass is 10.00. The SMILES string of the molecule is COc1cc(CCN=C/C=C2/C=C(C(=O)O)NC(C(=O)O)C2)ccc1O. The third kappa shape index (κ3) is 5.10. The zero-order chi connectivity index (χ0) is 19.1. The van der Waals surface area contributed by atoms with Gasteiger partial charge in [0.2, 0.25) is 0 Å². The Morgan fingerprint density at radius 1 is 1.38 bits per heavy atom. The van der Waals surface area contributed by atoms with Crippen LogP contribution in [-0.4, -0.2) is 53.2 Å². The summed E-state index contributed by atoms with van der Waals surface area (Å²) in [4.78, 5) is 26.4. The highest BCUT2D eigenvalue weighted by molar-refractivity contribution is 5.89. The lowest BCUT2D eigenvalue weighted by molar-refractivity contribution is -0.139. The third-order valence-electron chi connectivity index (χ3n) is 3.80. The van der Waals surface area contributed by atoms with E-state index in [1.807, 2.05) is 0 Å². The molecule has 138 valence electrons. The molecule has 1 aromatic rings. The monoisotopic (exact) mass is 360 g/mol. The number of benzene rings is 1. The topological polar surface area (TPSA) is 128 Å². The molecule has 0 aromatic heterocycles. The van der Waals surface area contributed by atoms with Crippen LogP contribution < -0.4 is 10.1 Å². The van der Waals surface area contributed by atoms with Crippen LogP contribution in [0.15, 0.2) is 46.6 Å². The van der Waals surface area contributed by atoms with Crippen LogP contribution in [-0.2, 0) is 16.0 Å². The predicted molar refractivity (Wildman–Crippen MR) is 94.7 cm³/mol. The van der Waals surface area contributed by atoms with E-state index < -0.39 is 18.0 Å². The second kappa shape index (κ2) is 8.70. The summed E-state index contributed by atoms with van der Waals surface area (Å²) < 4.78 is 5.04. The van der Waals surface area contributed by atoms with Crippen LogP contribution in [0, 0.1) is 0 Å². The van der Waals surface area contributed by atoms with E-state index in [-0.39, 0.29) is 17.9 Å². The normalized spacial score (nSPS) is 18.4. The summed E-state index contributed by atoms with van der Waals surface area (Å²) >= 11 is 0. The van der Waals surface area contributed by atoms with E-state index >= 15 is 0 Å². The van der Waals surface area contributed by atoms with Gasteiger partial charge < -0.3 is 25.4 Å². The fourth-order valence-electron chi connectivity index (χ4n) is 2.44. The third-order valence-corrected chi connectivity index (χ3v) is 3.80. The number of allylic oxidation sites excluding steroid dienone is 2. The van der Waals surface area contributed by atoms with E-state index in [2.05, 4.69) is 10.3 Å². The van der Waals surface area contributed by atoms with E-state index in [4.69, 9.17) is 14.9 Å². The summed E-state index contributed by atoms with van der Waals surface area (Å²) in [5.41, 5.74) is 1.37. The van der Waals surface area contributed by atoms with Gasteiger partial charge in [0, 0.05) is 19.2 Å². The number of phenols is 1. The minimum atomic E-state index is -1.21. The highest BCUT2D eigenvalue weighted by atomic mass is 16.5. The van der Waals surface area contributed by atoms with Crippen LogP contribution in [0.4, 0.5) is 0 Å². The molecule has 0 saturated carbocycles. The largest absolute Gasteiger partial charge is 0.504 e. The van der Waals surface area contributed by atoms with E-state index in [9.17, 15) is 14.7 Å². The number of carboxylic acid groups (broad SMARTS) is 2. The van der Waals surface area contributed by atoms with E-state index in [1.54, 1.807) is 24.3 Å². The molecule has 1 aliphatic heterocycles. The summed E-state index contributed by atoms with van der Waals surface area (Å²) in [6, 6.07) is 4.09. The van der Waals surface area contributed by atoms with Crippen LogP contribution in [0.2, 0.25) is 0 Å². The fraction of sp³-hybridized carbons (Fsp3) is 0.278. The van der Waals surface area contributed by atoms with Crippen molar-refractivity contribution >= 4 is 18.2 Å². The molecule has 2 rings (SSSR count). The van der Waals surface area contributed by atoms with Crippen molar-refractivity contribution < 1.29 is 29.6 Å². The van der Waals surface area contributed by atoms with Crippen molar-refractivity contribution in [3.05, 3.63) is 47.2 Å². The van der Waals surface area contributed by atoms with Gasteiger partial charge in [-0.2, -0.15) is 0 Å². The van der Waals surface area contributed by atoms with Gasteiger partial charge in [0.25, 0.3) is 0 Å². The highest BCUT2D eigenvalue weighted by Gasteiger charge is 2.26. The van der Waals surface area contributed by atoms with Crippen LogP contribution in [0.25, 0.3) is 0 Å². The average Bonchev–Trinajstić information content (AvgIpc) is 2.62. The van der Waals surface area contributed by atoms with Crippen molar-refractivity contribution in [1.29, 1.82) is 0 Å². The lowest BCUT2D eigenvalue weighted by Gasteiger charge is -2.21. The minimum absolute atomic E-state index is 0.0735. The fourth-order valence-corrected chi connectivity index (χ4v) is 2.44. The number of carboxylic acids is 2. The van der Waals surface area contributed by atoms with Gasteiger partial charge in [0.1, 0.15) is 11.7 Å². The molecule has 8 heteroatoms. The average molecular weight is 360 g/mol. The number of ether oxygens (including phenoxy) is 1. The quantitative estimate of drug-likeness (QED) is 0.540. The molecule has 1 unspecified atom stereocenters. The number of aliphatic imine (C=N–C) groups is 1. The van der Waals surface area contributed by atoms with Crippen molar-refractivity contribution in [3.8, 4) is 11.5 Å². The second-order valence-corrected chi connectivity index (χ2v) is 5.66.